The number of carbonyl (C=O) groups is 2. The van der Waals surface area contributed by atoms with E-state index in [9.17, 15) is 9.59 Å². The molecular formula is C15H19N3O3. The molecule has 0 aliphatic heterocycles. The number of hydrogen-bond acceptors (Lipinski definition) is 2. The van der Waals surface area contributed by atoms with Crippen molar-refractivity contribution in [3.63, 3.8) is 0 Å². The van der Waals surface area contributed by atoms with Gasteiger partial charge in [0, 0.05) is 35.2 Å². The van der Waals surface area contributed by atoms with E-state index in [1.54, 1.807) is 6.07 Å². The molecular weight excluding hydrogens is 270 g/mol. The first-order chi connectivity index (χ1) is 9.97. The Labute approximate surface area is 122 Å². The zero-order chi connectivity index (χ0) is 15.4. The molecule has 2 amide bonds. The number of hydrogen-bond donors (Lipinski definition) is 4. The second-order valence-corrected chi connectivity index (χ2v) is 5.18. The molecule has 2 rings (SSSR count). The van der Waals surface area contributed by atoms with Crippen LogP contribution in [0.1, 0.15) is 29.8 Å². The Morgan fingerprint density at radius 1 is 1.33 bits per heavy atom. The molecule has 0 bridgehead atoms. The van der Waals surface area contributed by atoms with Crippen molar-refractivity contribution in [2.45, 2.75) is 26.3 Å². The third kappa shape index (κ3) is 3.75. The van der Waals surface area contributed by atoms with E-state index in [0.29, 0.717) is 18.5 Å². The van der Waals surface area contributed by atoms with Gasteiger partial charge >= 0.3 is 6.09 Å². The van der Waals surface area contributed by atoms with Crippen LogP contribution in [0.25, 0.3) is 10.9 Å². The Balaban J connectivity index is 2.20. The van der Waals surface area contributed by atoms with Gasteiger partial charge in [-0.05, 0) is 44.0 Å². The quantitative estimate of drug-likeness (QED) is 0.679. The van der Waals surface area contributed by atoms with Crippen molar-refractivity contribution in [3.05, 3.63) is 35.5 Å². The number of H-pyrrole nitrogens is 1. The lowest BCUT2D eigenvalue weighted by molar-refractivity contribution is 0.0943. The fourth-order valence-electron chi connectivity index (χ4n) is 2.18. The summed E-state index contributed by atoms with van der Waals surface area (Å²) in [6.07, 6.45) is 1.38. The average molecular weight is 289 g/mol. The molecule has 0 atom stereocenters. The number of carbonyl (C=O) groups excluding carboxylic acids is 1. The van der Waals surface area contributed by atoms with Crippen LogP contribution in [0.5, 0.6) is 0 Å². The lowest BCUT2D eigenvalue weighted by atomic mass is 10.1. The molecule has 6 nitrogen and oxygen atoms in total. The van der Waals surface area contributed by atoms with E-state index in [4.69, 9.17) is 5.11 Å². The molecule has 0 aliphatic rings. The van der Waals surface area contributed by atoms with E-state index in [2.05, 4.69) is 15.6 Å². The monoisotopic (exact) mass is 289 g/mol. The van der Waals surface area contributed by atoms with Crippen LogP contribution in [0.2, 0.25) is 0 Å². The maximum atomic E-state index is 12.0. The Morgan fingerprint density at radius 2 is 2.10 bits per heavy atom. The zero-order valence-corrected chi connectivity index (χ0v) is 12.1. The smallest absolute Gasteiger partial charge is 0.404 e. The summed E-state index contributed by atoms with van der Waals surface area (Å²) in [7, 11) is 0. The molecule has 1 aromatic heterocycles. The van der Waals surface area contributed by atoms with Gasteiger partial charge in [-0.2, -0.15) is 0 Å². The number of rotatable bonds is 5. The van der Waals surface area contributed by atoms with E-state index in [1.807, 2.05) is 32.2 Å². The number of fused-ring (bicyclic) bond motifs is 1. The number of aromatic nitrogens is 1. The minimum absolute atomic E-state index is 0.0821. The molecule has 112 valence electrons. The van der Waals surface area contributed by atoms with Gasteiger partial charge in [0.05, 0.1) is 0 Å². The molecule has 4 N–H and O–H groups in total. The highest BCUT2D eigenvalue weighted by Gasteiger charge is 2.10. The SMILES string of the molecule is CC(C)NC(=O)c1ccc2[nH]cc(CCNC(=O)O)c2c1. The van der Waals surface area contributed by atoms with Gasteiger partial charge in [-0.1, -0.05) is 0 Å². The first-order valence-electron chi connectivity index (χ1n) is 6.85. The summed E-state index contributed by atoms with van der Waals surface area (Å²) in [5, 5.41) is 14.7. The molecule has 0 saturated carbocycles. The van der Waals surface area contributed by atoms with Crippen LogP contribution < -0.4 is 10.6 Å². The van der Waals surface area contributed by atoms with Crippen molar-refractivity contribution in [2.24, 2.45) is 0 Å². The second kappa shape index (κ2) is 6.30. The number of nitrogens with one attached hydrogen (secondary N) is 3. The minimum atomic E-state index is -1.04. The molecule has 2 aromatic rings. The Hall–Kier alpha value is -2.50. The zero-order valence-electron chi connectivity index (χ0n) is 12.1. The predicted molar refractivity (Wildman–Crippen MR) is 80.6 cm³/mol. The third-order valence-corrected chi connectivity index (χ3v) is 3.12. The Morgan fingerprint density at radius 3 is 2.76 bits per heavy atom. The van der Waals surface area contributed by atoms with Gasteiger partial charge < -0.3 is 20.7 Å². The van der Waals surface area contributed by atoms with E-state index >= 15 is 0 Å². The van der Waals surface area contributed by atoms with Crippen LogP contribution in [0.4, 0.5) is 4.79 Å². The van der Waals surface area contributed by atoms with E-state index < -0.39 is 6.09 Å². The minimum Gasteiger partial charge on any atom is -0.465 e. The standard InChI is InChI=1S/C15H19N3O3/c1-9(2)18-14(19)10-3-4-13-12(7-10)11(8-17-13)5-6-16-15(20)21/h3-4,7-9,16-17H,5-6H2,1-2H3,(H,18,19)(H,20,21). The first kappa shape index (κ1) is 14.9. The fraction of sp³-hybridized carbons (Fsp3) is 0.333. The molecule has 1 aromatic carbocycles. The van der Waals surface area contributed by atoms with Crippen molar-refractivity contribution < 1.29 is 14.7 Å². The highest BCUT2D eigenvalue weighted by atomic mass is 16.4. The summed E-state index contributed by atoms with van der Waals surface area (Å²) in [5.41, 5.74) is 2.52. The number of aromatic amines is 1. The lowest BCUT2D eigenvalue weighted by Gasteiger charge is -2.08. The summed E-state index contributed by atoms with van der Waals surface area (Å²) in [4.78, 5) is 25.6. The Kier molecular flexibility index (Phi) is 4.47. The van der Waals surface area contributed by atoms with Crippen LogP contribution in [-0.4, -0.2) is 34.7 Å². The molecule has 0 unspecified atom stereocenters. The van der Waals surface area contributed by atoms with Gasteiger partial charge in [0.25, 0.3) is 5.91 Å². The van der Waals surface area contributed by atoms with E-state index in [-0.39, 0.29) is 11.9 Å². The van der Waals surface area contributed by atoms with Crippen molar-refractivity contribution in [3.8, 4) is 0 Å². The van der Waals surface area contributed by atoms with Crippen LogP contribution >= 0.6 is 0 Å². The van der Waals surface area contributed by atoms with Crippen LogP contribution in [0, 0.1) is 0 Å². The van der Waals surface area contributed by atoms with Gasteiger partial charge in [-0.25, -0.2) is 4.79 Å². The molecule has 6 heteroatoms. The first-order valence-corrected chi connectivity index (χ1v) is 6.85. The van der Waals surface area contributed by atoms with E-state index in [1.165, 1.54) is 0 Å². The van der Waals surface area contributed by atoms with Crippen molar-refractivity contribution in [1.29, 1.82) is 0 Å². The number of amides is 2. The third-order valence-electron chi connectivity index (χ3n) is 3.12. The summed E-state index contributed by atoms with van der Waals surface area (Å²) in [6.45, 7) is 4.16. The molecule has 0 spiro atoms. The number of carboxylic acid groups (broad SMARTS) is 1. The predicted octanol–water partition coefficient (Wildman–Crippen LogP) is 2.12. The summed E-state index contributed by atoms with van der Waals surface area (Å²) in [5.74, 6) is -0.109. The molecule has 21 heavy (non-hydrogen) atoms. The molecule has 0 aliphatic carbocycles. The fourth-order valence-corrected chi connectivity index (χ4v) is 2.18. The van der Waals surface area contributed by atoms with Crippen LogP contribution in [0.3, 0.4) is 0 Å². The maximum Gasteiger partial charge on any atom is 0.404 e. The highest BCUT2D eigenvalue weighted by molar-refractivity contribution is 5.98. The van der Waals surface area contributed by atoms with Crippen molar-refractivity contribution >= 4 is 22.9 Å². The molecule has 0 radical (unpaired) electrons. The topological polar surface area (TPSA) is 94.2 Å². The summed E-state index contributed by atoms with van der Waals surface area (Å²) in [6, 6.07) is 5.55. The van der Waals surface area contributed by atoms with Gasteiger partial charge in [0.2, 0.25) is 0 Å². The van der Waals surface area contributed by atoms with Crippen LogP contribution in [-0.2, 0) is 6.42 Å². The van der Waals surface area contributed by atoms with Gasteiger partial charge in [0.1, 0.15) is 0 Å². The van der Waals surface area contributed by atoms with Crippen LogP contribution in [0.15, 0.2) is 24.4 Å². The summed E-state index contributed by atoms with van der Waals surface area (Å²) >= 11 is 0. The maximum absolute atomic E-state index is 12.0. The highest BCUT2D eigenvalue weighted by Crippen LogP contribution is 2.20. The molecule has 1 heterocycles. The Bertz CT molecular complexity index is 661. The van der Waals surface area contributed by atoms with Gasteiger partial charge in [-0.15, -0.1) is 0 Å². The normalized spacial score (nSPS) is 10.8. The average Bonchev–Trinajstić information content (AvgIpc) is 2.80. The van der Waals surface area contributed by atoms with Crippen molar-refractivity contribution in [2.75, 3.05) is 6.54 Å². The van der Waals surface area contributed by atoms with E-state index in [0.717, 1.165) is 16.5 Å². The van der Waals surface area contributed by atoms with Crippen molar-refractivity contribution in [1.82, 2.24) is 15.6 Å². The molecule has 0 fully saturated rings. The largest absolute Gasteiger partial charge is 0.465 e. The van der Waals surface area contributed by atoms with Gasteiger partial charge in [-0.3, -0.25) is 4.79 Å². The second-order valence-electron chi connectivity index (χ2n) is 5.18. The number of benzene rings is 1. The van der Waals surface area contributed by atoms with Gasteiger partial charge in [0.15, 0.2) is 0 Å². The molecule has 0 saturated heterocycles. The summed E-state index contributed by atoms with van der Waals surface area (Å²) < 4.78 is 0. The lowest BCUT2D eigenvalue weighted by Crippen LogP contribution is -2.29.